The standard InChI is InChI=1S/C47H32N4/c1-31-13-12-22-44(48-31)33-25-23-32(24-26-33)37-27-38(43-30-36-18-8-9-19-40(36)41-20-10-11-21-42(41)43)29-39(28-37)47-50-45(34-14-4-2-5-15-34)49-46(51-47)35-16-6-3-7-17-35/h2-30H,1H3. The van der Waals surface area contributed by atoms with Crippen LogP contribution in [-0.2, 0) is 0 Å². The van der Waals surface area contributed by atoms with Crippen LogP contribution in [0.25, 0.3) is 89.2 Å². The first kappa shape index (κ1) is 30.3. The molecule has 0 N–H and O–H groups in total. The smallest absolute Gasteiger partial charge is 0.164 e. The molecule has 0 saturated carbocycles. The molecule has 0 atom stereocenters. The summed E-state index contributed by atoms with van der Waals surface area (Å²) < 4.78 is 0. The van der Waals surface area contributed by atoms with Crippen LogP contribution in [0.1, 0.15) is 5.69 Å². The van der Waals surface area contributed by atoms with Crippen molar-refractivity contribution in [3.8, 4) is 67.7 Å². The van der Waals surface area contributed by atoms with Gasteiger partial charge in [-0.3, -0.25) is 4.98 Å². The molecule has 51 heavy (non-hydrogen) atoms. The SMILES string of the molecule is Cc1cccc(-c2ccc(-c3cc(-c4nc(-c5ccccc5)nc(-c5ccccc5)n4)cc(-c4cc5ccccc5c5ccccc45)c3)cc2)n1. The van der Waals surface area contributed by atoms with E-state index in [0.29, 0.717) is 17.5 Å². The maximum Gasteiger partial charge on any atom is 0.164 e. The number of pyridine rings is 1. The highest BCUT2D eigenvalue weighted by atomic mass is 15.0. The Morgan fingerprint density at radius 3 is 1.51 bits per heavy atom. The number of hydrogen-bond acceptors (Lipinski definition) is 4. The fourth-order valence-electron chi connectivity index (χ4n) is 6.85. The highest BCUT2D eigenvalue weighted by molar-refractivity contribution is 6.14. The van der Waals surface area contributed by atoms with Crippen LogP contribution in [-0.4, -0.2) is 19.9 Å². The normalized spacial score (nSPS) is 11.2. The molecule has 4 heteroatoms. The quantitative estimate of drug-likeness (QED) is 0.168. The van der Waals surface area contributed by atoms with Crippen LogP contribution in [0.15, 0.2) is 176 Å². The van der Waals surface area contributed by atoms with Crippen LogP contribution in [0.4, 0.5) is 0 Å². The van der Waals surface area contributed by atoms with Crippen molar-refractivity contribution in [2.45, 2.75) is 6.92 Å². The molecule has 9 rings (SSSR count). The summed E-state index contributed by atoms with van der Waals surface area (Å²) in [6, 6.07) is 61.3. The average Bonchev–Trinajstić information content (AvgIpc) is 3.21. The zero-order valence-corrected chi connectivity index (χ0v) is 28.0. The molecule has 0 aliphatic heterocycles. The summed E-state index contributed by atoms with van der Waals surface area (Å²) in [7, 11) is 0. The predicted molar refractivity (Wildman–Crippen MR) is 210 cm³/mol. The summed E-state index contributed by atoms with van der Waals surface area (Å²) in [6.07, 6.45) is 0. The molecule has 240 valence electrons. The molecule has 0 amide bonds. The second-order valence-electron chi connectivity index (χ2n) is 12.8. The van der Waals surface area contributed by atoms with Crippen LogP contribution in [0.2, 0.25) is 0 Å². The van der Waals surface area contributed by atoms with Crippen LogP contribution in [0.3, 0.4) is 0 Å². The Labute approximate surface area is 296 Å². The molecule has 0 saturated heterocycles. The van der Waals surface area contributed by atoms with Crippen molar-refractivity contribution in [3.05, 3.63) is 182 Å². The van der Waals surface area contributed by atoms with E-state index in [-0.39, 0.29) is 0 Å². The summed E-state index contributed by atoms with van der Waals surface area (Å²) in [4.78, 5) is 19.9. The second-order valence-corrected chi connectivity index (χ2v) is 12.8. The third-order valence-corrected chi connectivity index (χ3v) is 9.37. The molecule has 0 bridgehead atoms. The maximum atomic E-state index is 5.11. The van der Waals surface area contributed by atoms with Gasteiger partial charge in [0.2, 0.25) is 0 Å². The van der Waals surface area contributed by atoms with E-state index in [4.69, 9.17) is 19.9 Å². The third-order valence-electron chi connectivity index (χ3n) is 9.37. The maximum absolute atomic E-state index is 5.11. The number of nitrogens with zero attached hydrogens (tertiary/aromatic N) is 4. The molecule has 0 aliphatic carbocycles. The minimum Gasteiger partial charge on any atom is -0.253 e. The predicted octanol–water partition coefficient (Wildman–Crippen LogP) is 11.9. The fourth-order valence-corrected chi connectivity index (χ4v) is 6.85. The minimum atomic E-state index is 0.622. The molecule has 0 aliphatic rings. The summed E-state index contributed by atoms with van der Waals surface area (Å²) >= 11 is 0. The van der Waals surface area contributed by atoms with Gasteiger partial charge >= 0.3 is 0 Å². The molecular weight excluding hydrogens is 621 g/mol. The van der Waals surface area contributed by atoms with Crippen molar-refractivity contribution in [1.29, 1.82) is 0 Å². The van der Waals surface area contributed by atoms with Crippen molar-refractivity contribution in [3.63, 3.8) is 0 Å². The van der Waals surface area contributed by atoms with Crippen LogP contribution in [0, 0.1) is 6.92 Å². The molecular formula is C47H32N4. The number of benzene rings is 7. The largest absolute Gasteiger partial charge is 0.253 e. The van der Waals surface area contributed by atoms with Gasteiger partial charge in [0.15, 0.2) is 17.5 Å². The Kier molecular flexibility index (Phi) is 7.67. The summed E-state index contributed by atoms with van der Waals surface area (Å²) in [5, 5.41) is 4.87. The Morgan fingerprint density at radius 2 is 0.843 bits per heavy atom. The van der Waals surface area contributed by atoms with E-state index in [0.717, 1.165) is 55.9 Å². The molecule has 7 aromatic carbocycles. The van der Waals surface area contributed by atoms with Gasteiger partial charge in [-0.15, -0.1) is 0 Å². The molecule has 0 fully saturated rings. The minimum absolute atomic E-state index is 0.622. The molecule has 2 aromatic heterocycles. The number of rotatable bonds is 6. The number of hydrogen-bond donors (Lipinski definition) is 0. The molecule has 4 nitrogen and oxygen atoms in total. The molecule has 2 heterocycles. The Balaban J connectivity index is 1.28. The first-order valence-corrected chi connectivity index (χ1v) is 17.1. The Bertz CT molecular complexity index is 2630. The van der Waals surface area contributed by atoms with Crippen molar-refractivity contribution in [2.24, 2.45) is 0 Å². The van der Waals surface area contributed by atoms with E-state index in [1.807, 2.05) is 73.7 Å². The Hall–Kier alpha value is -6.78. The van der Waals surface area contributed by atoms with Crippen LogP contribution in [0.5, 0.6) is 0 Å². The van der Waals surface area contributed by atoms with Crippen LogP contribution < -0.4 is 0 Å². The van der Waals surface area contributed by atoms with E-state index >= 15 is 0 Å². The molecule has 0 unspecified atom stereocenters. The van der Waals surface area contributed by atoms with E-state index < -0.39 is 0 Å². The van der Waals surface area contributed by atoms with Crippen molar-refractivity contribution in [1.82, 2.24) is 19.9 Å². The molecule has 0 radical (unpaired) electrons. The van der Waals surface area contributed by atoms with Gasteiger partial charge in [-0.2, -0.15) is 0 Å². The first-order chi connectivity index (χ1) is 25.2. The highest BCUT2D eigenvalue weighted by Gasteiger charge is 2.16. The zero-order chi connectivity index (χ0) is 34.1. The topological polar surface area (TPSA) is 51.6 Å². The molecule has 9 aromatic rings. The molecule has 0 spiro atoms. The van der Waals surface area contributed by atoms with Gasteiger partial charge in [0.05, 0.1) is 5.69 Å². The monoisotopic (exact) mass is 652 g/mol. The van der Waals surface area contributed by atoms with Gasteiger partial charge in [-0.25, -0.2) is 15.0 Å². The van der Waals surface area contributed by atoms with Gasteiger partial charge in [-0.05, 0) is 87.1 Å². The third kappa shape index (κ3) is 5.94. The van der Waals surface area contributed by atoms with Crippen LogP contribution >= 0.6 is 0 Å². The Morgan fingerprint density at radius 1 is 0.314 bits per heavy atom. The zero-order valence-electron chi connectivity index (χ0n) is 28.0. The van der Waals surface area contributed by atoms with Gasteiger partial charge in [0.1, 0.15) is 0 Å². The highest BCUT2D eigenvalue weighted by Crippen LogP contribution is 2.39. The van der Waals surface area contributed by atoms with Crippen molar-refractivity contribution >= 4 is 21.5 Å². The number of aryl methyl sites for hydroxylation is 1. The van der Waals surface area contributed by atoms with E-state index in [1.54, 1.807) is 0 Å². The first-order valence-electron chi connectivity index (χ1n) is 17.1. The lowest BCUT2D eigenvalue weighted by Crippen LogP contribution is -2.00. The number of aromatic nitrogens is 4. The van der Waals surface area contributed by atoms with Gasteiger partial charge in [-0.1, -0.05) is 140 Å². The second kappa shape index (κ2) is 12.9. The number of fused-ring (bicyclic) bond motifs is 3. The van der Waals surface area contributed by atoms with Crippen molar-refractivity contribution < 1.29 is 0 Å². The lowest BCUT2D eigenvalue weighted by atomic mass is 9.90. The van der Waals surface area contributed by atoms with Gasteiger partial charge in [0.25, 0.3) is 0 Å². The lowest BCUT2D eigenvalue weighted by Gasteiger charge is -2.15. The van der Waals surface area contributed by atoms with E-state index in [9.17, 15) is 0 Å². The fraction of sp³-hybridized carbons (Fsp3) is 0.0213. The summed E-state index contributed by atoms with van der Waals surface area (Å²) in [6.45, 7) is 2.02. The lowest BCUT2D eigenvalue weighted by molar-refractivity contribution is 1.07. The van der Waals surface area contributed by atoms with Gasteiger partial charge in [0, 0.05) is 27.9 Å². The van der Waals surface area contributed by atoms with Gasteiger partial charge < -0.3 is 0 Å². The van der Waals surface area contributed by atoms with Crippen molar-refractivity contribution in [2.75, 3.05) is 0 Å². The average molecular weight is 653 g/mol. The summed E-state index contributed by atoms with van der Waals surface area (Å²) in [5.41, 5.74) is 10.3. The van der Waals surface area contributed by atoms with E-state index in [2.05, 4.69) is 109 Å². The van der Waals surface area contributed by atoms with E-state index in [1.165, 1.54) is 21.5 Å². The summed E-state index contributed by atoms with van der Waals surface area (Å²) in [5.74, 6) is 1.90.